The SMILES string of the molecule is CCN(C[C@@H](C)C(=O)O)C(=O)Cc1ccc(N2CCCC2=O)cc1. The molecule has 0 aromatic heterocycles. The van der Waals surface area contributed by atoms with Crippen molar-refractivity contribution in [3.05, 3.63) is 29.8 Å². The van der Waals surface area contributed by atoms with E-state index in [9.17, 15) is 14.4 Å². The standard InChI is InChI=1S/C18H24N2O4/c1-3-19(12-13(2)18(23)24)17(22)11-14-6-8-15(9-7-14)20-10-4-5-16(20)21/h6-9,13H,3-5,10-12H2,1-2H3,(H,23,24)/t13-/m1/s1. The number of likely N-dealkylation sites (N-methyl/N-ethyl adjacent to an activating group) is 1. The van der Waals surface area contributed by atoms with Crippen LogP contribution in [0, 0.1) is 5.92 Å². The number of benzene rings is 1. The highest BCUT2D eigenvalue weighted by atomic mass is 16.4. The lowest BCUT2D eigenvalue weighted by Gasteiger charge is -2.23. The lowest BCUT2D eigenvalue weighted by molar-refractivity contribution is -0.143. The Bertz CT molecular complexity index is 612. The number of hydrogen-bond donors (Lipinski definition) is 1. The van der Waals surface area contributed by atoms with Gasteiger partial charge >= 0.3 is 5.97 Å². The molecule has 1 heterocycles. The second-order valence-electron chi connectivity index (χ2n) is 6.16. The van der Waals surface area contributed by atoms with E-state index >= 15 is 0 Å². The first-order valence-electron chi connectivity index (χ1n) is 8.32. The van der Waals surface area contributed by atoms with Crippen molar-refractivity contribution in [3.8, 4) is 0 Å². The summed E-state index contributed by atoms with van der Waals surface area (Å²) in [6.07, 6.45) is 1.70. The van der Waals surface area contributed by atoms with Gasteiger partial charge in [0, 0.05) is 31.7 Å². The average molecular weight is 332 g/mol. The van der Waals surface area contributed by atoms with Gasteiger partial charge in [0.25, 0.3) is 0 Å². The molecule has 0 aliphatic carbocycles. The molecule has 2 rings (SSSR count). The second-order valence-corrected chi connectivity index (χ2v) is 6.16. The predicted octanol–water partition coefficient (Wildman–Crippen LogP) is 1.93. The van der Waals surface area contributed by atoms with Gasteiger partial charge in [0.2, 0.25) is 11.8 Å². The van der Waals surface area contributed by atoms with Gasteiger partial charge in [-0.1, -0.05) is 19.1 Å². The quantitative estimate of drug-likeness (QED) is 0.827. The zero-order valence-electron chi connectivity index (χ0n) is 14.2. The van der Waals surface area contributed by atoms with Crippen LogP contribution < -0.4 is 4.90 Å². The van der Waals surface area contributed by atoms with Crippen LogP contribution in [0.5, 0.6) is 0 Å². The van der Waals surface area contributed by atoms with Crippen molar-refractivity contribution < 1.29 is 19.5 Å². The van der Waals surface area contributed by atoms with Gasteiger partial charge in [-0.3, -0.25) is 14.4 Å². The third-order valence-corrected chi connectivity index (χ3v) is 4.33. The fourth-order valence-electron chi connectivity index (χ4n) is 2.82. The average Bonchev–Trinajstić information content (AvgIpc) is 2.98. The van der Waals surface area contributed by atoms with Crippen molar-refractivity contribution in [3.63, 3.8) is 0 Å². The van der Waals surface area contributed by atoms with E-state index in [-0.39, 0.29) is 24.8 Å². The summed E-state index contributed by atoms with van der Waals surface area (Å²) in [7, 11) is 0. The number of anilines is 1. The van der Waals surface area contributed by atoms with Crippen molar-refractivity contribution in [2.75, 3.05) is 24.5 Å². The van der Waals surface area contributed by atoms with Gasteiger partial charge in [0.15, 0.2) is 0 Å². The van der Waals surface area contributed by atoms with Crippen molar-refractivity contribution in [1.29, 1.82) is 0 Å². The van der Waals surface area contributed by atoms with Crippen molar-refractivity contribution >= 4 is 23.5 Å². The number of hydrogen-bond acceptors (Lipinski definition) is 3. The zero-order chi connectivity index (χ0) is 17.7. The lowest BCUT2D eigenvalue weighted by atomic mass is 10.1. The van der Waals surface area contributed by atoms with E-state index in [1.165, 1.54) is 0 Å². The highest BCUT2D eigenvalue weighted by Crippen LogP contribution is 2.21. The number of rotatable bonds is 7. The fourth-order valence-corrected chi connectivity index (χ4v) is 2.82. The smallest absolute Gasteiger partial charge is 0.308 e. The van der Waals surface area contributed by atoms with E-state index in [1.54, 1.807) is 16.7 Å². The molecule has 1 aromatic rings. The number of aliphatic carboxylic acids is 1. The molecule has 6 nitrogen and oxygen atoms in total. The van der Waals surface area contributed by atoms with E-state index in [0.717, 1.165) is 24.2 Å². The molecule has 130 valence electrons. The maximum Gasteiger partial charge on any atom is 0.308 e. The molecule has 1 saturated heterocycles. The Hall–Kier alpha value is -2.37. The molecule has 1 aliphatic heterocycles. The van der Waals surface area contributed by atoms with Gasteiger partial charge in [-0.05, 0) is 31.0 Å². The van der Waals surface area contributed by atoms with Crippen LogP contribution in [0.15, 0.2) is 24.3 Å². The van der Waals surface area contributed by atoms with Crippen LogP contribution >= 0.6 is 0 Å². The summed E-state index contributed by atoms with van der Waals surface area (Å²) >= 11 is 0. The number of carboxylic acid groups (broad SMARTS) is 1. The van der Waals surface area contributed by atoms with Crippen LogP contribution in [0.3, 0.4) is 0 Å². The number of nitrogens with zero attached hydrogens (tertiary/aromatic N) is 2. The van der Waals surface area contributed by atoms with E-state index in [2.05, 4.69) is 0 Å². The number of carbonyl (C=O) groups is 3. The molecule has 2 amide bonds. The Morgan fingerprint density at radius 3 is 2.46 bits per heavy atom. The number of amides is 2. The summed E-state index contributed by atoms with van der Waals surface area (Å²) in [4.78, 5) is 38.4. The summed E-state index contributed by atoms with van der Waals surface area (Å²) in [6, 6.07) is 7.44. The molecule has 1 atom stereocenters. The van der Waals surface area contributed by atoms with Crippen LogP contribution in [0.25, 0.3) is 0 Å². The molecule has 0 spiro atoms. The molecule has 0 bridgehead atoms. The van der Waals surface area contributed by atoms with Gasteiger partial charge < -0.3 is 14.9 Å². The molecule has 1 fully saturated rings. The third-order valence-electron chi connectivity index (χ3n) is 4.33. The van der Waals surface area contributed by atoms with E-state index in [4.69, 9.17) is 5.11 Å². The molecule has 1 N–H and O–H groups in total. The van der Waals surface area contributed by atoms with Gasteiger partial charge in [0.1, 0.15) is 0 Å². The minimum atomic E-state index is -0.902. The van der Waals surface area contributed by atoms with Crippen molar-refractivity contribution in [2.24, 2.45) is 5.92 Å². The predicted molar refractivity (Wildman–Crippen MR) is 90.8 cm³/mol. The second kappa shape index (κ2) is 7.95. The zero-order valence-corrected chi connectivity index (χ0v) is 14.2. The molecule has 0 radical (unpaired) electrons. The molecular formula is C18H24N2O4. The van der Waals surface area contributed by atoms with Gasteiger partial charge in [-0.15, -0.1) is 0 Å². The van der Waals surface area contributed by atoms with Crippen LogP contribution in [-0.2, 0) is 20.8 Å². The van der Waals surface area contributed by atoms with Crippen LogP contribution in [0.2, 0.25) is 0 Å². The summed E-state index contributed by atoms with van der Waals surface area (Å²) < 4.78 is 0. The number of carbonyl (C=O) groups excluding carboxylic acids is 2. The first-order chi connectivity index (χ1) is 11.4. The minimum Gasteiger partial charge on any atom is -0.481 e. The Balaban J connectivity index is 1.98. The van der Waals surface area contributed by atoms with E-state index in [1.807, 2.05) is 31.2 Å². The summed E-state index contributed by atoms with van der Waals surface area (Å²) in [5.74, 6) is -1.44. The van der Waals surface area contributed by atoms with Crippen molar-refractivity contribution in [1.82, 2.24) is 4.90 Å². The first-order valence-corrected chi connectivity index (χ1v) is 8.32. The van der Waals surface area contributed by atoms with E-state index in [0.29, 0.717) is 13.0 Å². The monoisotopic (exact) mass is 332 g/mol. The highest BCUT2D eigenvalue weighted by Gasteiger charge is 2.22. The minimum absolute atomic E-state index is 0.0874. The molecule has 24 heavy (non-hydrogen) atoms. The van der Waals surface area contributed by atoms with Crippen LogP contribution in [0.1, 0.15) is 32.3 Å². The largest absolute Gasteiger partial charge is 0.481 e. The third kappa shape index (κ3) is 4.34. The van der Waals surface area contributed by atoms with Gasteiger partial charge in [-0.2, -0.15) is 0 Å². The highest BCUT2D eigenvalue weighted by molar-refractivity contribution is 5.95. The molecule has 6 heteroatoms. The Morgan fingerprint density at radius 1 is 1.29 bits per heavy atom. The van der Waals surface area contributed by atoms with Gasteiger partial charge in [-0.25, -0.2) is 0 Å². The Kier molecular flexibility index (Phi) is 5.95. The maximum atomic E-state index is 12.4. The van der Waals surface area contributed by atoms with Crippen LogP contribution in [0.4, 0.5) is 5.69 Å². The van der Waals surface area contributed by atoms with Crippen molar-refractivity contribution in [2.45, 2.75) is 33.1 Å². The Morgan fingerprint density at radius 2 is 1.96 bits per heavy atom. The Labute approximate surface area is 142 Å². The molecule has 1 aliphatic rings. The van der Waals surface area contributed by atoms with E-state index < -0.39 is 11.9 Å². The molecule has 1 aromatic carbocycles. The summed E-state index contributed by atoms with van der Waals surface area (Å²) in [5.41, 5.74) is 1.72. The molecule has 0 unspecified atom stereocenters. The first kappa shape index (κ1) is 18.0. The number of carboxylic acids is 1. The van der Waals surface area contributed by atoms with Crippen LogP contribution in [-0.4, -0.2) is 47.4 Å². The fraction of sp³-hybridized carbons (Fsp3) is 0.500. The lowest BCUT2D eigenvalue weighted by Crippen LogP contribution is -2.37. The topological polar surface area (TPSA) is 77.9 Å². The normalized spacial score (nSPS) is 15.4. The maximum absolute atomic E-state index is 12.4. The summed E-state index contributed by atoms with van der Waals surface area (Å²) in [6.45, 7) is 4.88. The van der Waals surface area contributed by atoms with Gasteiger partial charge in [0.05, 0.1) is 12.3 Å². The molecule has 0 saturated carbocycles. The molecular weight excluding hydrogens is 308 g/mol. The summed E-state index contributed by atoms with van der Waals surface area (Å²) in [5, 5.41) is 8.98.